The van der Waals surface area contributed by atoms with Crippen molar-refractivity contribution in [2.24, 2.45) is 0 Å². The summed E-state index contributed by atoms with van der Waals surface area (Å²) in [4.78, 5) is 57.2. The summed E-state index contributed by atoms with van der Waals surface area (Å²) in [6.45, 7) is 2.49. The zero-order valence-corrected chi connectivity index (χ0v) is 24.9. The van der Waals surface area contributed by atoms with Crippen molar-refractivity contribution in [3.63, 3.8) is 0 Å². The number of carboxylic acid groups (broad SMARTS) is 1. The third-order valence-corrected chi connectivity index (χ3v) is 7.41. The van der Waals surface area contributed by atoms with Gasteiger partial charge in [-0.05, 0) is 37.5 Å². The van der Waals surface area contributed by atoms with Crippen molar-refractivity contribution in [1.82, 2.24) is 15.2 Å². The zero-order chi connectivity index (χ0) is 29.9. The Labute approximate surface area is 244 Å². The number of amides is 3. The highest BCUT2D eigenvalue weighted by atomic mass is 16.4. The minimum absolute atomic E-state index is 0.125. The van der Waals surface area contributed by atoms with Crippen LogP contribution in [0, 0.1) is 0 Å². The van der Waals surface area contributed by atoms with Gasteiger partial charge in [-0.3, -0.25) is 24.1 Å². The molecule has 1 heterocycles. The number of fused-ring (bicyclic) bond motifs is 1. The van der Waals surface area contributed by atoms with E-state index in [2.05, 4.69) is 17.2 Å². The number of unbranched alkanes of at least 4 members (excludes halogenated alkanes) is 10. The average Bonchev–Trinajstić information content (AvgIpc) is 2.98. The molecule has 2 rings (SSSR count). The molecule has 1 atom stereocenters. The zero-order valence-electron chi connectivity index (χ0n) is 24.9. The van der Waals surface area contributed by atoms with Gasteiger partial charge in [-0.25, -0.2) is 4.98 Å². The topological polar surface area (TPSA) is 120 Å². The third-order valence-electron chi connectivity index (χ3n) is 7.41. The molecule has 1 aromatic carbocycles. The smallest absolute Gasteiger partial charge is 0.303 e. The Hall–Kier alpha value is -3.49. The van der Waals surface area contributed by atoms with Gasteiger partial charge in [0.05, 0.1) is 12.1 Å². The fourth-order valence-electron chi connectivity index (χ4n) is 5.01. The Balaban J connectivity index is 2.08. The fourth-order valence-corrected chi connectivity index (χ4v) is 5.01. The van der Waals surface area contributed by atoms with E-state index in [1.165, 1.54) is 61.8 Å². The number of benzene rings is 1. The Bertz CT molecular complexity index is 1090. The van der Waals surface area contributed by atoms with Gasteiger partial charge < -0.3 is 15.3 Å². The molecule has 0 radical (unpaired) electrons. The van der Waals surface area contributed by atoms with Gasteiger partial charge in [0, 0.05) is 25.4 Å². The molecular formula is C32H48N4O5. The van der Waals surface area contributed by atoms with Gasteiger partial charge in [0.1, 0.15) is 11.9 Å². The van der Waals surface area contributed by atoms with Crippen LogP contribution in [0.25, 0.3) is 10.9 Å². The summed E-state index contributed by atoms with van der Waals surface area (Å²) in [6.07, 6.45) is 13.7. The summed E-state index contributed by atoms with van der Waals surface area (Å²) in [6, 6.07) is 10.0. The van der Waals surface area contributed by atoms with Crippen LogP contribution in [0.15, 0.2) is 36.4 Å². The number of hydrogen-bond donors (Lipinski definition) is 2. The number of aliphatic carboxylic acids is 1. The molecule has 3 amide bonds. The van der Waals surface area contributed by atoms with Crippen LogP contribution in [0.2, 0.25) is 0 Å². The van der Waals surface area contributed by atoms with E-state index < -0.39 is 12.0 Å². The van der Waals surface area contributed by atoms with Crippen molar-refractivity contribution < 1.29 is 24.3 Å². The van der Waals surface area contributed by atoms with Gasteiger partial charge in [0.25, 0.3) is 0 Å². The lowest BCUT2D eigenvalue weighted by Crippen LogP contribution is -2.51. The van der Waals surface area contributed by atoms with Gasteiger partial charge in [-0.2, -0.15) is 0 Å². The van der Waals surface area contributed by atoms with Gasteiger partial charge in [0.2, 0.25) is 18.2 Å². The molecule has 0 aliphatic carbocycles. The molecule has 2 aromatic rings. The largest absolute Gasteiger partial charge is 0.481 e. The Morgan fingerprint density at radius 3 is 2.15 bits per heavy atom. The van der Waals surface area contributed by atoms with Crippen LogP contribution in [0.3, 0.4) is 0 Å². The highest BCUT2D eigenvalue weighted by Crippen LogP contribution is 2.22. The second-order valence-corrected chi connectivity index (χ2v) is 10.6. The number of para-hydroxylation sites is 1. The molecule has 0 aliphatic heterocycles. The Morgan fingerprint density at radius 1 is 0.902 bits per heavy atom. The molecule has 0 spiro atoms. The third kappa shape index (κ3) is 12.3. The highest BCUT2D eigenvalue weighted by Gasteiger charge is 2.31. The van der Waals surface area contributed by atoms with E-state index in [-0.39, 0.29) is 37.6 Å². The number of aromatic nitrogens is 1. The van der Waals surface area contributed by atoms with E-state index in [4.69, 9.17) is 0 Å². The minimum Gasteiger partial charge on any atom is -0.481 e. The van der Waals surface area contributed by atoms with E-state index in [9.17, 15) is 24.3 Å². The molecule has 9 heteroatoms. The SMILES string of the molecule is CCCCCCCCCCCCCN(CC(=O)NC)C(=O)[C@H](CCCC(=O)O)N(C=O)c1ccc2ccccc2n1. The van der Waals surface area contributed by atoms with Crippen LogP contribution in [0.4, 0.5) is 5.82 Å². The van der Waals surface area contributed by atoms with Gasteiger partial charge in [0.15, 0.2) is 0 Å². The van der Waals surface area contributed by atoms with Crippen LogP contribution in [0.5, 0.6) is 0 Å². The standard InChI is InChI=1S/C32H48N4O5/c1-3-4-5-6-7-8-9-10-11-12-15-23-35(24-30(38)33-2)32(41)28(19-16-20-31(39)40)36(25-37)29-22-21-26-17-13-14-18-27(26)34-29/h13-14,17-18,21-22,25,28H,3-12,15-16,19-20,23-24H2,1-2H3,(H,33,38)(H,39,40)/t28-/m0/s1. The average molecular weight is 569 g/mol. The maximum Gasteiger partial charge on any atom is 0.303 e. The van der Waals surface area contributed by atoms with E-state index in [0.29, 0.717) is 24.3 Å². The first kappa shape index (κ1) is 33.7. The number of carbonyl (C=O) groups excluding carboxylic acids is 3. The van der Waals surface area contributed by atoms with E-state index in [1.54, 1.807) is 6.07 Å². The van der Waals surface area contributed by atoms with Crippen molar-refractivity contribution in [3.8, 4) is 0 Å². The normalized spacial score (nSPS) is 11.7. The lowest BCUT2D eigenvalue weighted by atomic mass is 10.0. The monoisotopic (exact) mass is 568 g/mol. The summed E-state index contributed by atoms with van der Waals surface area (Å²) >= 11 is 0. The number of anilines is 1. The number of rotatable bonds is 22. The minimum atomic E-state index is -0.974. The van der Waals surface area contributed by atoms with Crippen LogP contribution < -0.4 is 10.2 Å². The number of likely N-dealkylation sites (N-methyl/N-ethyl adjacent to an activating group) is 1. The number of hydrogen-bond acceptors (Lipinski definition) is 5. The first-order valence-corrected chi connectivity index (χ1v) is 15.2. The molecule has 9 nitrogen and oxygen atoms in total. The highest BCUT2D eigenvalue weighted by molar-refractivity contribution is 5.94. The summed E-state index contributed by atoms with van der Waals surface area (Å²) in [5, 5.41) is 12.7. The van der Waals surface area contributed by atoms with E-state index in [1.807, 2.05) is 30.3 Å². The molecule has 1 aromatic heterocycles. The number of carboxylic acids is 1. The Kier molecular flexibility index (Phi) is 16.1. The molecule has 226 valence electrons. The van der Waals surface area contributed by atoms with Crippen molar-refractivity contribution in [2.75, 3.05) is 25.0 Å². The van der Waals surface area contributed by atoms with Crippen molar-refractivity contribution >= 4 is 40.9 Å². The number of carbonyl (C=O) groups is 4. The molecule has 41 heavy (non-hydrogen) atoms. The predicted octanol–water partition coefficient (Wildman–Crippen LogP) is 5.71. The number of nitrogens with one attached hydrogen (secondary N) is 1. The van der Waals surface area contributed by atoms with Crippen molar-refractivity contribution in [1.29, 1.82) is 0 Å². The molecule has 0 fully saturated rings. The number of nitrogens with zero attached hydrogens (tertiary/aromatic N) is 3. The molecule has 2 N–H and O–H groups in total. The van der Waals surface area contributed by atoms with E-state index >= 15 is 0 Å². The second kappa shape index (κ2) is 19.6. The van der Waals surface area contributed by atoms with Crippen LogP contribution in [-0.4, -0.2) is 65.4 Å². The molecule has 0 aliphatic rings. The predicted molar refractivity (Wildman–Crippen MR) is 163 cm³/mol. The van der Waals surface area contributed by atoms with Crippen molar-refractivity contribution in [2.45, 2.75) is 103 Å². The maximum absolute atomic E-state index is 13.9. The van der Waals surface area contributed by atoms with Crippen LogP contribution in [-0.2, 0) is 19.2 Å². The Morgan fingerprint density at radius 2 is 1.54 bits per heavy atom. The molecule has 0 saturated heterocycles. The lowest BCUT2D eigenvalue weighted by Gasteiger charge is -2.32. The van der Waals surface area contributed by atoms with Gasteiger partial charge in [-0.15, -0.1) is 0 Å². The molecule has 0 saturated carbocycles. The summed E-state index contributed by atoms with van der Waals surface area (Å²) < 4.78 is 0. The fraction of sp³-hybridized carbons (Fsp3) is 0.594. The van der Waals surface area contributed by atoms with E-state index in [0.717, 1.165) is 31.1 Å². The second-order valence-electron chi connectivity index (χ2n) is 10.6. The molecule has 0 bridgehead atoms. The summed E-state index contributed by atoms with van der Waals surface area (Å²) in [7, 11) is 1.52. The number of pyridine rings is 1. The quantitative estimate of drug-likeness (QED) is 0.139. The molecular weight excluding hydrogens is 520 g/mol. The molecule has 0 unspecified atom stereocenters. The maximum atomic E-state index is 13.9. The summed E-state index contributed by atoms with van der Waals surface area (Å²) in [5.74, 6) is -1.34. The van der Waals surface area contributed by atoms with Gasteiger partial charge >= 0.3 is 5.97 Å². The van der Waals surface area contributed by atoms with Crippen molar-refractivity contribution in [3.05, 3.63) is 36.4 Å². The van der Waals surface area contributed by atoms with Gasteiger partial charge in [-0.1, -0.05) is 89.3 Å². The first-order chi connectivity index (χ1) is 19.9. The summed E-state index contributed by atoms with van der Waals surface area (Å²) in [5.41, 5.74) is 0.678. The van der Waals surface area contributed by atoms with Crippen LogP contribution in [0.1, 0.15) is 96.8 Å². The van der Waals surface area contributed by atoms with Crippen LogP contribution >= 0.6 is 0 Å². The lowest BCUT2D eigenvalue weighted by molar-refractivity contribution is -0.138. The first-order valence-electron chi connectivity index (χ1n) is 15.2.